The highest BCUT2D eigenvalue weighted by atomic mass is 79.9. The summed E-state index contributed by atoms with van der Waals surface area (Å²) in [5, 5.41) is 19.5. The van der Waals surface area contributed by atoms with Crippen LogP contribution in [0.25, 0.3) is 5.57 Å². The molecule has 0 bridgehead atoms. The maximum atomic E-state index is 11.5. The molecule has 1 aromatic rings. The van der Waals surface area contributed by atoms with E-state index in [1.807, 2.05) is 24.3 Å². The molecular formula is C17H17BrO4. The van der Waals surface area contributed by atoms with Crippen molar-refractivity contribution in [2.75, 3.05) is 5.33 Å². The smallest absolute Gasteiger partial charge is 0.331 e. The first kappa shape index (κ1) is 16.5. The Morgan fingerprint density at radius 1 is 1.32 bits per heavy atom. The number of rotatable bonds is 5. The van der Waals surface area contributed by atoms with Crippen LogP contribution in [0.4, 0.5) is 0 Å². The van der Waals surface area contributed by atoms with Gasteiger partial charge >= 0.3 is 11.9 Å². The molecule has 0 heterocycles. The number of carboxylic acids is 2. The van der Waals surface area contributed by atoms with E-state index in [-0.39, 0.29) is 12.0 Å². The fourth-order valence-corrected chi connectivity index (χ4v) is 2.98. The Kier molecular flexibility index (Phi) is 4.86. The summed E-state index contributed by atoms with van der Waals surface area (Å²) in [5.41, 5.74) is 1.51. The highest BCUT2D eigenvalue weighted by Crippen LogP contribution is 2.37. The van der Waals surface area contributed by atoms with Crippen molar-refractivity contribution in [3.05, 3.63) is 53.1 Å². The summed E-state index contributed by atoms with van der Waals surface area (Å²) in [4.78, 5) is 22.8. The van der Waals surface area contributed by atoms with Crippen molar-refractivity contribution in [3.8, 4) is 0 Å². The lowest BCUT2D eigenvalue weighted by molar-refractivity contribution is -0.145. The molecule has 1 aliphatic rings. The molecule has 22 heavy (non-hydrogen) atoms. The van der Waals surface area contributed by atoms with E-state index in [0.717, 1.165) is 22.9 Å². The maximum absolute atomic E-state index is 11.5. The SMILES string of the molecule is CC1(C(=O)O)C=C(c2cccc(CCBr)c2)C=C(C(=O)O)C1. The Morgan fingerprint density at radius 3 is 2.64 bits per heavy atom. The number of alkyl halides is 1. The van der Waals surface area contributed by atoms with Crippen molar-refractivity contribution in [2.45, 2.75) is 19.8 Å². The lowest BCUT2D eigenvalue weighted by Crippen LogP contribution is -2.29. The number of carboxylic acid groups (broad SMARTS) is 2. The maximum Gasteiger partial charge on any atom is 0.331 e. The topological polar surface area (TPSA) is 74.6 Å². The summed E-state index contributed by atoms with van der Waals surface area (Å²) in [6.45, 7) is 1.55. The average Bonchev–Trinajstić information content (AvgIpc) is 2.47. The number of aliphatic carboxylic acids is 2. The van der Waals surface area contributed by atoms with Gasteiger partial charge in [0.15, 0.2) is 0 Å². The Labute approximate surface area is 137 Å². The van der Waals surface area contributed by atoms with E-state index in [1.165, 1.54) is 0 Å². The van der Waals surface area contributed by atoms with E-state index in [9.17, 15) is 19.8 Å². The van der Waals surface area contributed by atoms with E-state index in [4.69, 9.17) is 0 Å². The minimum atomic E-state index is -1.21. The number of carbonyl (C=O) groups is 2. The van der Waals surface area contributed by atoms with Gasteiger partial charge in [0.25, 0.3) is 0 Å². The van der Waals surface area contributed by atoms with Crippen LogP contribution in [-0.2, 0) is 16.0 Å². The van der Waals surface area contributed by atoms with Gasteiger partial charge in [-0.3, -0.25) is 4.79 Å². The van der Waals surface area contributed by atoms with Gasteiger partial charge < -0.3 is 10.2 Å². The molecule has 1 aromatic carbocycles. The van der Waals surface area contributed by atoms with Gasteiger partial charge in [-0.25, -0.2) is 4.79 Å². The molecule has 1 aliphatic carbocycles. The lowest BCUT2D eigenvalue weighted by Gasteiger charge is -2.26. The third-order valence-corrected chi connectivity index (χ3v) is 4.16. The summed E-state index contributed by atoms with van der Waals surface area (Å²) in [6.07, 6.45) is 4.06. The monoisotopic (exact) mass is 364 g/mol. The van der Waals surface area contributed by atoms with E-state index in [1.54, 1.807) is 19.1 Å². The predicted molar refractivity (Wildman–Crippen MR) is 88.0 cm³/mol. The second-order valence-corrected chi connectivity index (χ2v) is 6.41. The van der Waals surface area contributed by atoms with Crippen LogP contribution in [0.2, 0.25) is 0 Å². The Hall–Kier alpha value is -1.88. The van der Waals surface area contributed by atoms with Gasteiger partial charge in [-0.15, -0.1) is 0 Å². The fourth-order valence-electron chi connectivity index (χ4n) is 2.53. The Balaban J connectivity index is 2.50. The van der Waals surface area contributed by atoms with Crippen LogP contribution in [0.15, 0.2) is 42.0 Å². The van der Waals surface area contributed by atoms with Gasteiger partial charge in [0, 0.05) is 10.9 Å². The van der Waals surface area contributed by atoms with E-state index in [0.29, 0.717) is 5.57 Å². The van der Waals surface area contributed by atoms with Crippen molar-refractivity contribution in [1.29, 1.82) is 0 Å². The predicted octanol–water partition coefficient (Wildman–Crippen LogP) is 3.51. The number of benzene rings is 1. The fraction of sp³-hybridized carbons (Fsp3) is 0.294. The molecule has 0 aliphatic heterocycles. The molecule has 2 N–H and O–H groups in total. The molecule has 0 aromatic heterocycles. The van der Waals surface area contributed by atoms with Gasteiger partial charge in [0.1, 0.15) is 0 Å². The summed E-state index contributed by atoms with van der Waals surface area (Å²) in [7, 11) is 0. The summed E-state index contributed by atoms with van der Waals surface area (Å²) >= 11 is 3.39. The van der Waals surface area contributed by atoms with Gasteiger partial charge in [-0.2, -0.15) is 0 Å². The van der Waals surface area contributed by atoms with Crippen LogP contribution in [0.1, 0.15) is 24.5 Å². The van der Waals surface area contributed by atoms with E-state index < -0.39 is 17.4 Å². The molecular weight excluding hydrogens is 348 g/mol. The average molecular weight is 365 g/mol. The highest BCUT2D eigenvalue weighted by Gasteiger charge is 2.36. The molecule has 0 saturated heterocycles. The molecule has 0 saturated carbocycles. The zero-order valence-electron chi connectivity index (χ0n) is 12.2. The summed E-state index contributed by atoms with van der Waals surface area (Å²) < 4.78 is 0. The molecule has 0 amide bonds. The van der Waals surface area contributed by atoms with Crippen LogP contribution >= 0.6 is 15.9 Å². The molecule has 5 heteroatoms. The number of aryl methyl sites for hydroxylation is 1. The second-order valence-electron chi connectivity index (χ2n) is 5.61. The van der Waals surface area contributed by atoms with Crippen LogP contribution in [-0.4, -0.2) is 27.5 Å². The first-order valence-electron chi connectivity index (χ1n) is 6.91. The number of hydrogen-bond acceptors (Lipinski definition) is 2. The zero-order chi connectivity index (χ0) is 16.3. The zero-order valence-corrected chi connectivity index (χ0v) is 13.8. The van der Waals surface area contributed by atoms with Crippen LogP contribution in [0.5, 0.6) is 0 Å². The normalized spacial score (nSPS) is 21.0. The van der Waals surface area contributed by atoms with E-state index >= 15 is 0 Å². The van der Waals surface area contributed by atoms with Crippen LogP contribution in [0, 0.1) is 5.41 Å². The van der Waals surface area contributed by atoms with E-state index in [2.05, 4.69) is 15.9 Å². The summed E-state index contributed by atoms with van der Waals surface area (Å²) in [6, 6.07) is 7.73. The van der Waals surface area contributed by atoms with Crippen molar-refractivity contribution in [3.63, 3.8) is 0 Å². The van der Waals surface area contributed by atoms with Gasteiger partial charge in [-0.1, -0.05) is 46.3 Å². The molecule has 0 spiro atoms. The number of halogens is 1. The van der Waals surface area contributed by atoms with Gasteiger partial charge in [0.2, 0.25) is 0 Å². The molecule has 116 valence electrons. The van der Waals surface area contributed by atoms with Gasteiger partial charge in [0.05, 0.1) is 5.41 Å². The minimum absolute atomic E-state index is 0.0116. The molecule has 4 nitrogen and oxygen atoms in total. The third kappa shape index (κ3) is 3.47. The Morgan fingerprint density at radius 2 is 2.05 bits per heavy atom. The van der Waals surface area contributed by atoms with Crippen molar-refractivity contribution in [1.82, 2.24) is 0 Å². The Bertz CT molecular complexity index is 675. The molecule has 2 rings (SSSR count). The molecule has 1 unspecified atom stereocenters. The third-order valence-electron chi connectivity index (χ3n) is 3.77. The molecule has 1 atom stereocenters. The second kappa shape index (κ2) is 6.48. The highest BCUT2D eigenvalue weighted by molar-refractivity contribution is 9.09. The summed E-state index contributed by atoms with van der Waals surface area (Å²) in [5.74, 6) is -2.09. The number of hydrogen-bond donors (Lipinski definition) is 2. The lowest BCUT2D eigenvalue weighted by atomic mass is 9.76. The minimum Gasteiger partial charge on any atom is -0.481 e. The van der Waals surface area contributed by atoms with Crippen molar-refractivity contribution in [2.24, 2.45) is 5.41 Å². The quantitative estimate of drug-likeness (QED) is 0.783. The number of allylic oxidation sites excluding steroid dienone is 2. The van der Waals surface area contributed by atoms with Crippen LogP contribution < -0.4 is 0 Å². The first-order chi connectivity index (χ1) is 10.4. The molecule has 0 fully saturated rings. The standard InChI is InChI=1S/C17H17BrO4/c1-17(16(21)22)9-13(8-14(10-17)15(19)20)12-4-2-3-11(7-12)5-6-18/h2-4,7-9H,5-6,10H2,1H3,(H,19,20)(H,21,22). The van der Waals surface area contributed by atoms with Crippen molar-refractivity contribution < 1.29 is 19.8 Å². The van der Waals surface area contributed by atoms with Crippen LogP contribution in [0.3, 0.4) is 0 Å². The van der Waals surface area contributed by atoms with Crippen molar-refractivity contribution >= 4 is 33.4 Å². The largest absolute Gasteiger partial charge is 0.481 e. The first-order valence-corrected chi connectivity index (χ1v) is 8.03. The van der Waals surface area contributed by atoms with Gasteiger partial charge in [-0.05, 0) is 42.5 Å². The molecule has 0 radical (unpaired) electrons.